The van der Waals surface area contributed by atoms with Crippen molar-refractivity contribution in [2.45, 2.75) is 13.3 Å². The highest BCUT2D eigenvalue weighted by Crippen LogP contribution is 2.39. The van der Waals surface area contributed by atoms with Crippen LogP contribution in [-0.4, -0.2) is 59.6 Å². The van der Waals surface area contributed by atoms with Crippen LogP contribution in [0, 0.1) is 6.92 Å². The topological polar surface area (TPSA) is 96.3 Å². The summed E-state index contributed by atoms with van der Waals surface area (Å²) in [5.74, 6) is 0.718. The highest BCUT2D eigenvalue weighted by Gasteiger charge is 2.18. The molecule has 0 fully saturated rings. The minimum Gasteiger partial charge on any atom is -0.494 e. The number of carbonyl (C=O) groups is 1. The summed E-state index contributed by atoms with van der Waals surface area (Å²) in [6.45, 7) is 7.37. The fourth-order valence-electron chi connectivity index (χ4n) is 4.80. The van der Waals surface area contributed by atoms with Gasteiger partial charge in [-0.15, -0.1) is 11.3 Å². The molecule has 212 valence electrons. The molecular formula is C31H35N7O2S. The lowest BCUT2D eigenvalue weighted by Crippen LogP contribution is -2.17. The lowest BCUT2D eigenvalue weighted by molar-refractivity contribution is -0.111. The van der Waals surface area contributed by atoms with Crippen LogP contribution in [0.15, 0.2) is 60.6 Å². The minimum atomic E-state index is -0.304. The summed E-state index contributed by atoms with van der Waals surface area (Å²) in [4.78, 5) is 24.2. The fraction of sp³-hybridized carbons (Fsp3) is 0.258. The highest BCUT2D eigenvalue weighted by molar-refractivity contribution is 7.17. The van der Waals surface area contributed by atoms with E-state index in [0.717, 1.165) is 57.6 Å². The summed E-state index contributed by atoms with van der Waals surface area (Å²) >= 11 is 1.62. The number of amides is 1. The third kappa shape index (κ3) is 6.03. The van der Waals surface area contributed by atoms with Gasteiger partial charge in [0.1, 0.15) is 5.75 Å². The first kappa shape index (κ1) is 28.1. The van der Waals surface area contributed by atoms with Crippen molar-refractivity contribution in [1.29, 1.82) is 0 Å². The lowest BCUT2D eigenvalue weighted by atomic mass is 10.1. The molecule has 9 nitrogen and oxygen atoms in total. The fourth-order valence-corrected chi connectivity index (χ4v) is 5.64. The van der Waals surface area contributed by atoms with Crippen LogP contribution in [0.25, 0.3) is 32.4 Å². The number of hydrogen-bond acceptors (Lipinski definition) is 8. The van der Waals surface area contributed by atoms with Gasteiger partial charge in [-0.25, -0.2) is 9.97 Å². The quantitative estimate of drug-likeness (QED) is 0.125. The Morgan fingerprint density at radius 1 is 1.15 bits per heavy atom. The van der Waals surface area contributed by atoms with Crippen molar-refractivity contribution in [2.24, 2.45) is 7.05 Å². The second kappa shape index (κ2) is 12.0. The molecular weight excluding hydrogens is 534 g/mol. The standard InChI is InChI=1S/C31H35N7O2S/c1-7-28(39)33-24-16-25(27(40-6)17-23(24)32-12-8-13-37(3)4)35-31-34-22-11-14-41-30(22)29(36-31)21-18-38(5)26-15-19(2)9-10-20(21)26/h7,9-11,14-18,32H,1,8,12-13H2,2-6H3,(H,33,39)(H,34,35,36). The second-order valence-electron chi connectivity index (χ2n) is 10.2. The normalized spacial score (nSPS) is 11.3. The van der Waals surface area contributed by atoms with Crippen molar-refractivity contribution in [3.8, 4) is 17.0 Å². The van der Waals surface area contributed by atoms with E-state index in [1.54, 1.807) is 18.4 Å². The number of rotatable bonds is 11. The molecule has 3 N–H and O–H groups in total. The van der Waals surface area contributed by atoms with E-state index in [1.807, 2.05) is 37.7 Å². The van der Waals surface area contributed by atoms with E-state index in [4.69, 9.17) is 14.7 Å². The Morgan fingerprint density at radius 3 is 2.73 bits per heavy atom. The molecule has 0 atom stereocenters. The number of carbonyl (C=O) groups excluding carboxylic acids is 1. The maximum atomic E-state index is 12.3. The number of hydrogen-bond donors (Lipinski definition) is 3. The number of aromatic nitrogens is 3. The number of methoxy groups -OCH3 is 1. The summed E-state index contributed by atoms with van der Waals surface area (Å²) in [6.07, 6.45) is 4.31. The van der Waals surface area contributed by atoms with Crippen LogP contribution in [0.3, 0.4) is 0 Å². The van der Waals surface area contributed by atoms with Gasteiger partial charge in [0, 0.05) is 42.3 Å². The molecule has 0 saturated carbocycles. The molecule has 0 aliphatic carbocycles. The van der Waals surface area contributed by atoms with Crippen molar-refractivity contribution in [3.63, 3.8) is 0 Å². The molecule has 1 amide bonds. The molecule has 0 unspecified atom stereocenters. The van der Waals surface area contributed by atoms with E-state index in [2.05, 4.69) is 70.4 Å². The number of nitrogens with one attached hydrogen (secondary N) is 3. The Morgan fingerprint density at radius 2 is 1.98 bits per heavy atom. The van der Waals surface area contributed by atoms with Crippen molar-refractivity contribution in [3.05, 3.63) is 66.2 Å². The van der Waals surface area contributed by atoms with Crippen LogP contribution < -0.4 is 20.7 Å². The van der Waals surface area contributed by atoms with Crippen molar-refractivity contribution < 1.29 is 9.53 Å². The van der Waals surface area contributed by atoms with E-state index < -0.39 is 0 Å². The van der Waals surface area contributed by atoms with Gasteiger partial charge in [0.05, 0.1) is 40.1 Å². The van der Waals surface area contributed by atoms with E-state index in [0.29, 0.717) is 23.1 Å². The van der Waals surface area contributed by atoms with Gasteiger partial charge < -0.3 is 30.2 Å². The second-order valence-corrected chi connectivity index (χ2v) is 11.1. The van der Waals surface area contributed by atoms with Gasteiger partial charge in [0.2, 0.25) is 11.9 Å². The SMILES string of the molecule is C=CC(=O)Nc1cc(Nc2nc(-c3cn(C)c4cc(C)ccc34)c3sccc3n2)c(OC)cc1NCCCN(C)C. The number of ether oxygens (including phenoxy) is 1. The monoisotopic (exact) mass is 569 g/mol. The average Bonchev–Trinajstić information content (AvgIpc) is 3.55. The van der Waals surface area contributed by atoms with Crippen LogP contribution in [0.4, 0.5) is 23.0 Å². The number of fused-ring (bicyclic) bond motifs is 2. The maximum Gasteiger partial charge on any atom is 0.247 e. The number of aryl methyl sites for hydroxylation is 2. The molecule has 41 heavy (non-hydrogen) atoms. The lowest BCUT2D eigenvalue weighted by Gasteiger charge is -2.18. The van der Waals surface area contributed by atoms with Crippen LogP contribution in [0.2, 0.25) is 0 Å². The molecule has 0 spiro atoms. The van der Waals surface area contributed by atoms with Crippen LogP contribution in [0.5, 0.6) is 5.75 Å². The number of thiophene rings is 1. The Bertz CT molecular complexity index is 1740. The maximum absolute atomic E-state index is 12.3. The van der Waals surface area contributed by atoms with Gasteiger partial charge in [0.25, 0.3) is 0 Å². The van der Waals surface area contributed by atoms with Crippen molar-refractivity contribution in [2.75, 3.05) is 50.2 Å². The van der Waals surface area contributed by atoms with Crippen LogP contribution in [-0.2, 0) is 11.8 Å². The van der Waals surface area contributed by atoms with Crippen molar-refractivity contribution in [1.82, 2.24) is 19.4 Å². The van der Waals surface area contributed by atoms with E-state index in [-0.39, 0.29) is 5.91 Å². The first-order valence-corrected chi connectivity index (χ1v) is 14.3. The highest BCUT2D eigenvalue weighted by atomic mass is 32.1. The van der Waals surface area contributed by atoms with Crippen LogP contribution >= 0.6 is 11.3 Å². The van der Waals surface area contributed by atoms with E-state index in [1.165, 1.54) is 11.6 Å². The van der Waals surface area contributed by atoms with E-state index in [9.17, 15) is 4.79 Å². The summed E-state index contributed by atoms with van der Waals surface area (Å²) in [6, 6.07) is 12.2. The Balaban J connectivity index is 1.55. The molecule has 0 bridgehead atoms. The minimum absolute atomic E-state index is 0.304. The van der Waals surface area contributed by atoms with Gasteiger partial charge in [0.15, 0.2) is 0 Å². The van der Waals surface area contributed by atoms with Crippen LogP contribution in [0.1, 0.15) is 12.0 Å². The average molecular weight is 570 g/mol. The predicted octanol–water partition coefficient (Wildman–Crippen LogP) is 6.40. The largest absolute Gasteiger partial charge is 0.494 e. The molecule has 3 aromatic heterocycles. The number of benzene rings is 2. The third-order valence-corrected chi connectivity index (χ3v) is 7.74. The molecule has 0 aliphatic heterocycles. The zero-order chi connectivity index (χ0) is 29.1. The molecule has 0 saturated heterocycles. The molecule has 2 aromatic carbocycles. The van der Waals surface area contributed by atoms with Gasteiger partial charge >= 0.3 is 0 Å². The number of anilines is 4. The summed E-state index contributed by atoms with van der Waals surface area (Å²) < 4.78 is 8.90. The Hall–Kier alpha value is -4.41. The predicted molar refractivity (Wildman–Crippen MR) is 171 cm³/mol. The summed E-state index contributed by atoms with van der Waals surface area (Å²) in [7, 11) is 7.75. The molecule has 3 heterocycles. The number of nitrogens with zero attached hydrogens (tertiary/aromatic N) is 4. The molecule has 5 rings (SSSR count). The zero-order valence-electron chi connectivity index (χ0n) is 24.0. The Labute approximate surface area is 243 Å². The third-order valence-electron chi connectivity index (χ3n) is 6.83. The first-order chi connectivity index (χ1) is 19.8. The Kier molecular flexibility index (Phi) is 8.23. The van der Waals surface area contributed by atoms with Gasteiger partial charge in [-0.1, -0.05) is 18.7 Å². The molecule has 10 heteroatoms. The van der Waals surface area contributed by atoms with Gasteiger partial charge in [-0.3, -0.25) is 4.79 Å². The molecule has 0 radical (unpaired) electrons. The summed E-state index contributed by atoms with van der Waals surface area (Å²) in [5, 5.41) is 12.9. The summed E-state index contributed by atoms with van der Waals surface area (Å²) in [5.41, 5.74) is 7.09. The smallest absolute Gasteiger partial charge is 0.247 e. The molecule has 0 aliphatic rings. The first-order valence-electron chi connectivity index (χ1n) is 13.4. The van der Waals surface area contributed by atoms with Gasteiger partial charge in [-0.05, 0) is 69.2 Å². The van der Waals surface area contributed by atoms with Gasteiger partial charge in [-0.2, -0.15) is 0 Å². The molecule has 5 aromatic rings. The van der Waals surface area contributed by atoms with E-state index >= 15 is 0 Å². The van der Waals surface area contributed by atoms with Crippen molar-refractivity contribution >= 4 is 61.4 Å². The zero-order valence-corrected chi connectivity index (χ0v) is 24.9.